The zero-order chi connectivity index (χ0) is 16.1. The molecule has 5 heteroatoms. The van der Waals surface area contributed by atoms with E-state index in [2.05, 4.69) is 37.4 Å². The first kappa shape index (κ1) is 16.3. The van der Waals surface area contributed by atoms with E-state index in [-0.39, 0.29) is 12.5 Å². The lowest BCUT2D eigenvalue weighted by Crippen LogP contribution is -2.38. The Morgan fingerprint density at radius 2 is 2.14 bits per heavy atom. The predicted octanol–water partition coefficient (Wildman–Crippen LogP) is 2.67. The van der Waals surface area contributed by atoms with Gasteiger partial charge in [-0.3, -0.25) is 4.79 Å². The molecule has 0 saturated carbocycles. The van der Waals surface area contributed by atoms with E-state index in [0.29, 0.717) is 18.9 Å². The maximum absolute atomic E-state index is 12.1. The summed E-state index contributed by atoms with van der Waals surface area (Å²) in [5, 5.41) is 11.4. The minimum absolute atomic E-state index is 0.0855. The lowest BCUT2D eigenvalue weighted by Gasteiger charge is -2.18. The fraction of sp³-hybridized carbons (Fsp3) is 0.529. The van der Waals surface area contributed by atoms with Gasteiger partial charge in [-0.1, -0.05) is 23.8 Å². The normalized spacial score (nSPS) is 17.5. The van der Waals surface area contributed by atoms with Crippen molar-refractivity contribution in [1.29, 1.82) is 0 Å². The molecule has 0 aliphatic carbocycles. The van der Waals surface area contributed by atoms with Gasteiger partial charge in [0.25, 0.3) is 0 Å². The Bertz CT molecular complexity index is 557. The number of carboxylic acids is 1. The number of carboxylic acid groups (broad SMARTS) is 1. The number of amides is 2. The fourth-order valence-electron chi connectivity index (χ4n) is 3.03. The molecule has 5 nitrogen and oxygen atoms in total. The van der Waals surface area contributed by atoms with Crippen LogP contribution in [0.25, 0.3) is 0 Å². The molecule has 1 aliphatic rings. The summed E-state index contributed by atoms with van der Waals surface area (Å²) in [4.78, 5) is 24.3. The Morgan fingerprint density at radius 3 is 2.82 bits per heavy atom. The highest BCUT2D eigenvalue weighted by atomic mass is 16.4. The summed E-state index contributed by atoms with van der Waals surface area (Å²) >= 11 is 0. The summed E-state index contributed by atoms with van der Waals surface area (Å²) in [5.74, 6) is -0.435. The topological polar surface area (TPSA) is 69.6 Å². The second-order valence-corrected chi connectivity index (χ2v) is 6.02. The first-order chi connectivity index (χ1) is 10.5. The van der Waals surface area contributed by atoms with Gasteiger partial charge >= 0.3 is 12.0 Å². The highest BCUT2D eigenvalue weighted by molar-refractivity contribution is 5.74. The van der Waals surface area contributed by atoms with Crippen LogP contribution in [0, 0.1) is 13.8 Å². The molecule has 1 heterocycles. The van der Waals surface area contributed by atoms with Gasteiger partial charge in [0.15, 0.2) is 0 Å². The number of nitrogens with one attached hydrogen (secondary N) is 1. The number of nitrogens with zero attached hydrogens (tertiary/aromatic N) is 1. The molecule has 120 valence electrons. The lowest BCUT2D eigenvalue weighted by atomic mass is 9.93. The highest BCUT2D eigenvalue weighted by Gasteiger charge is 2.27. The average Bonchev–Trinajstić information content (AvgIpc) is 2.92. The van der Waals surface area contributed by atoms with Crippen LogP contribution in [-0.4, -0.2) is 41.6 Å². The van der Waals surface area contributed by atoms with E-state index in [1.165, 1.54) is 16.7 Å². The second-order valence-electron chi connectivity index (χ2n) is 6.02. The quantitative estimate of drug-likeness (QED) is 0.822. The molecule has 0 bridgehead atoms. The number of likely N-dealkylation sites (tertiary alicyclic amines) is 1. The van der Waals surface area contributed by atoms with Crippen molar-refractivity contribution < 1.29 is 14.7 Å². The molecule has 1 aromatic rings. The number of carbonyl (C=O) groups excluding carboxylic acids is 1. The SMILES string of the molecule is Cc1ccc(C2CCN(C(=O)NCCCC(=O)O)C2)c(C)c1. The Kier molecular flexibility index (Phi) is 5.41. The van der Waals surface area contributed by atoms with E-state index in [1.54, 1.807) is 0 Å². The number of urea groups is 1. The van der Waals surface area contributed by atoms with E-state index in [0.717, 1.165) is 19.5 Å². The largest absolute Gasteiger partial charge is 0.481 e. The third kappa shape index (κ3) is 4.23. The zero-order valence-electron chi connectivity index (χ0n) is 13.3. The van der Waals surface area contributed by atoms with Gasteiger partial charge in [0.1, 0.15) is 0 Å². The molecule has 1 unspecified atom stereocenters. The molecule has 22 heavy (non-hydrogen) atoms. The van der Waals surface area contributed by atoms with E-state index >= 15 is 0 Å². The van der Waals surface area contributed by atoms with Crippen LogP contribution in [0.3, 0.4) is 0 Å². The van der Waals surface area contributed by atoms with Crippen molar-refractivity contribution in [2.45, 2.75) is 39.0 Å². The maximum Gasteiger partial charge on any atom is 0.317 e. The number of hydrogen-bond acceptors (Lipinski definition) is 2. The van der Waals surface area contributed by atoms with Crippen LogP contribution in [0.5, 0.6) is 0 Å². The minimum atomic E-state index is -0.828. The number of rotatable bonds is 5. The summed E-state index contributed by atoms with van der Waals surface area (Å²) in [7, 11) is 0. The number of aliphatic carboxylic acids is 1. The summed E-state index contributed by atoms with van der Waals surface area (Å²) in [6.45, 7) is 6.10. The van der Waals surface area contributed by atoms with Gasteiger partial charge in [0, 0.05) is 32.0 Å². The minimum Gasteiger partial charge on any atom is -0.481 e. The highest BCUT2D eigenvalue weighted by Crippen LogP contribution is 2.29. The molecule has 2 rings (SSSR count). The van der Waals surface area contributed by atoms with Crippen molar-refractivity contribution in [3.63, 3.8) is 0 Å². The fourth-order valence-corrected chi connectivity index (χ4v) is 3.03. The third-order valence-corrected chi connectivity index (χ3v) is 4.18. The van der Waals surface area contributed by atoms with Crippen molar-refractivity contribution in [3.05, 3.63) is 34.9 Å². The summed E-state index contributed by atoms with van der Waals surface area (Å²) in [6.07, 6.45) is 1.54. The predicted molar refractivity (Wildman–Crippen MR) is 85.1 cm³/mol. The standard InChI is InChI=1S/C17H24N2O3/c1-12-5-6-15(13(2)10-12)14-7-9-19(11-14)17(22)18-8-3-4-16(20)21/h5-6,10,14H,3-4,7-9,11H2,1-2H3,(H,18,22)(H,20,21). The van der Waals surface area contributed by atoms with Crippen LogP contribution in [-0.2, 0) is 4.79 Å². The van der Waals surface area contributed by atoms with Gasteiger partial charge in [-0.05, 0) is 37.8 Å². The smallest absolute Gasteiger partial charge is 0.317 e. The van der Waals surface area contributed by atoms with Gasteiger partial charge in [-0.15, -0.1) is 0 Å². The molecule has 1 aliphatic heterocycles. The van der Waals surface area contributed by atoms with Crippen LogP contribution >= 0.6 is 0 Å². The molecular weight excluding hydrogens is 280 g/mol. The summed E-state index contributed by atoms with van der Waals surface area (Å²) in [6, 6.07) is 6.39. The number of hydrogen-bond donors (Lipinski definition) is 2. The van der Waals surface area contributed by atoms with Crippen molar-refractivity contribution >= 4 is 12.0 Å². The van der Waals surface area contributed by atoms with Gasteiger partial charge in [-0.25, -0.2) is 4.79 Å². The Hall–Kier alpha value is -2.04. The van der Waals surface area contributed by atoms with Crippen LogP contribution in [0.2, 0.25) is 0 Å². The maximum atomic E-state index is 12.1. The van der Waals surface area contributed by atoms with Crippen LogP contribution in [0.4, 0.5) is 4.79 Å². The monoisotopic (exact) mass is 304 g/mol. The first-order valence-electron chi connectivity index (χ1n) is 7.79. The van der Waals surface area contributed by atoms with E-state index in [4.69, 9.17) is 5.11 Å². The molecule has 1 fully saturated rings. The van der Waals surface area contributed by atoms with Crippen molar-refractivity contribution in [2.75, 3.05) is 19.6 Å². The van der Waals surface area contributed by atoms with Gasteiger partial charge < -0.3 is 15.3 Å². The molecule has 2 N–H and O–H groups in total. The zero-order valence-corrected chi connectivity index (χ0v) is 13.3. The van der Waals surface area contributed by atoms with Crippen LogP contribution in [0.1, 0.15) is 41.9 Å². The van der Waals surface area contributed by atoms with Crippen molar-refractivity contribution in [1.82, 2.24) is 10.2 Å². The average molecular weight is 304 g/mol. The van der Waals surface area contributed by atoms with E-state index in [9.17, 15) is 9.59 Å². The van der Waals surface area contributed by atoms with Gasteiger partial charge in [0.05, 0.1) is 0 Å². The van der Waals surface area contributed by atoms with E-state index < -0.39 is 5.97 Å². The van der Waals surface area contributed by atoms with Crippen molar-refractivity contribution in [3.8, 4) is 0 Å². The molecule has 2 amide bonds. The van der Waals surface area contributed by atoms with Gasteiger partial charge in [-0.2, -0.15) is 0 Å². The Morgan fingerprint density at radius 1 is 1.36 bits per heavy atom. The molecular formula is C17H24N2O3. The molecule has 0 radical (unpaired) electrons. The Balaban J connectivity index is 1.84. The van der Waals surface area contributed by atoms with Crippen LogP contribution in [0.15, 0.2) is 18.2 Å². The van der Waals surface area contributed by atoms with Crippen molar-refractivity contribution in [2.24, 2.45) is 0 Å². The number of aryl methyl sites for hydroxylation is 2. The number of carbonyl (C=O) groups is 2. The lowest BCUT2D eigenvalue weighted by molar-refractivity contribution is -0.137. The molecule has 1 aromatic carbocycles. The molecule has 1 atom stereocenters. The first-order valence-corrected chi connectivity index (χ1v) is 7.79. The van der Waals surface area contributed by atoms with Gasteiger partial charge in [0.2, 0.25) is 0 Å². The van der Waals surface area contributed by atoms with Crippen LogP contribution < -0.4 is 5.32 Å². The summed E-state index contributed by atoms with van der Waals surface area (Å²) in [5.41, 5.74) is 3.87. The Labute approximate surface area is 131 Å². The molecule has 1 saturated heterocycles. The second kappa shape index (κ2) is 7.29. The molecule has 0 spiro atoms. The third-order valence-electron chi connectivity index (χ3n) is 4.18. The molecule has 0 aromatic heterocycles. The summed E-state index contributed by atoms with van der Waals surface area (Å²) < 4.78 is 0. The van der Waals surface area contributed by atoms with E-state index in [1.807, 2.05) is 4.90 Å². The number of benzene rings is 1.